The van der Waals surface area contributed by atoms with Crippen LogP contribution in [0.15, 0.2) is 34.2 Å². The predicted molar refractivity (Wildman–Crippen MR) is 114 cm³/mol. The Balaban J connectivity index is 1.59. The summed E-state index contributed by atoms with van der Waals surface area (Å²) in [6.45, 7) is 6.29. The summed E-state index contributed by atoms with van der Waals surface area (Å²) >= 11 is 1.19. The van der Waals surface area contributed by atoms with Gasteiger partial charge in [-0.3, -0.25) is 19.1 Å². The number of rotatable bonds is 5. The van der Waals surface area contributed by atoms with Crippen molar-refractivity contribution in [3.8, 4) is 0 Å². The van der Waals surface area contributed by atoms with E-state index in [1.54, 1.807) is 26.8 Å². The second-order valence-corrected chi connectivity index (χ2v) is 9.33. The number of aromatic amines is 1. The summed E-state index contributed by atoms with van der Waals surface area (Å²) in [6, 6.07) is 7.23. The molecule has 0 spiro atoms. The first-order valence-electron chi connectivity index (χ1n) is 9.97. The number of H-pyrrole nitrogens is 1. The maximum absolute atomic E-state index is 13.5. The largest absolute Gasteiger partial charge is 0.376 e. The zero-order chi connectivity index (χ0) is 21.5. The fourth-order valence-corrected chi connectivity index (χ4v) is 4.69. The molecule has 4 rings (SSSR count). The van der Waals surface area contributed by atoms with E-state index in [-0.39, 0.29) is 23.6 Å². The van der Waals surface area contributed by atoms with Gasteiger partial charge in [-0.2, -0.15) is 0 Å². The molecule has 2 unspecified atom stereocenters. The summed E-state index contributed by atoms with van der Waals surface area (Å²) in [6.07, 6.45) is 1.84. The third-order valence-corrected chi connectivity index (χ3v) is 6.57. The van der Waals surface area contributed by atoms with Crippen LogP contribution in [0.1, 0.15) is 33.6 Å². The van der Waals surface area contributed by atoms with Gasteiger partial charge in [0.2, 0.25) is 11.8 Å². The third kappa shape index (κ3) is 3.65. The van der Waals surface area contributed by atoms with Crippen molar-refractivity contribution < 1.29 is 14.3 Å². The zero-order valence-electron chi connectivity index (χ0n) is 17.2. The number of hydrogen-bond donors (Lipinski definition) is 2. The molecule has 0 bridgehead atoms. The average molecular weight is 432 g/mol. The molecular weight excluding hydrogens is 406 g/mol. The maximum Gasteiger partial charge on any atom is 0.344 e. The lowest BCUT2D eigenvalue weighted by Crippen LogP contribution is -2.60. The molecular formula is C20H25N5O4S. The molecule has 2 aromatic rings. The van der Waals surface area contributed by atoms with E-state index >= 15 is 0 Å². The van der Waals surface area contributed by atoms with Crippen LogP contribution in [-0.4, -0.2) is 50.1 Å². The molecule has 2 N–H and O–H groups in total. The highest BCUT2D eigenvalue weighted by atomic mass is 32.2. The van der Waals surface area contributed by atoms with Gasteiger partial charge >= 0.3 is 5.69 Å². The number of carbonyl (C=O) groups excluding carboxylic acids is 2. The number of nitrogens with one attached hydrogen (secondary N) is 2. The van der Waals surface area contributed by atoms with Gasteiger partial charge in [-0.1, -0.05) is 23.9 Å². The summed E-state index contributed by atoms with van der Waals surface area (Å²) < 4.78 is 7.15. The SMILES string of the molecule is CC(Sc1n[nH]c(=O)n1CC1CCCO1)C(=O)N1c2ccccc2NC(=O)C1(C)C. The van der Waals surface area contributed by atoms with Crippen molar-refractivity contribution in [3.63, 3.8) is 0 Å². The van der Waals surface area contributed by atoms with Crippen LogP contribution in [0, 0.1) is 0 Å². The number of aromatic nitrogens is 3. The van der Waals surface area contributed by atoms with E-state index < -0.39 is 10.8 Å². The maximum atomic E-state index is 13.5. The van der Waals surface area contributed by atoms with E-state index in [4.69, 9.17) is 4.74 Å². The van der Waals surface area contributed by atoms with Crippen molar-refractivity contribution in [2.45, 2.75) is 62.2 Å². The van der Waals surface area contributed by atoms with Crippen LogP contribution < -0.4 is 15.9 Å². The molecule has 30 heavy (non-hydrogen) atoms. The Morgan fingerprint density at radius 3 is 2.87 bits per heavy atom. The molecule has 0 aliphatic carbocycles. The Labute approximate surface area is 178 Å². The molecule has 2 atom stereocenters. The molecule has 1 aromatic carbocycles. The van der Waals surface area contributed by atoms with Gasteiger partial charge in [0, 0.05) is 6.61 Å². The summed E-state index contributed by atoms with van der Waals surface area (Å²) in [7, 11) is 0. The molecule has 160 valence electrons. The lowest BCUT2D eigenvalue weighted by molar-refractivity contribution is -0.126. The van der Waals surface area contributed by atoms with Gasteiger partial charge in [-0.15, -0.1) is 5.10 Å². The lowest BCUT2D eigenvalue weighted by atomic mass is 9.96. The zero-order valence-corrected chi connectivity index (χ0v) is 18.0. The molecule has 3 heterocycles. The number of ether oxygens (including phenoxy) is 1. The molecule has 9 nitrogen and oxygen atoms in total. The molecule has 0 saturated carbocycles. The van der Waals surface area contributed by atoms with Crippen LogP contribution in [0.25, 0.3) is 0 Å². The van der Waals surface area contributed by atoms with Gasteiger partial charge < -0.3 is 10.1 Å². The number of carbonyl (C=O) groups is 2. The molecule has 1 fully saturated rings. The minimum absolute atomic E-state index is 0.0257. The van der Waals surface area contributed by atoms with Gasteiger partial charge in [0.05, 0.1) is 29.3 Å². The Morgan fingerprint density at radius 1 is 1.37 bits per heavy atom. The van der Waals surface area contributed by atoms with Crippen LogP contribution in [0.2, 0.25) is 0 Å². The highest BCUT2D eigenvalue weighted by molar-refractivity contribution is 8.00. The van der Waals surface area contributed by atoms with Gasteiger partial charge in [0.25, 0.3) is 0 Å². The minimum atomic E-state index is -1.05. The van der Waals surface area contributed by atoms with E-state index in [9.17, 15) is 14.4 Å². The normalized spacial score (nSPS) is 21.2. The monoisotopic (exact) mass is 431 g/mol. The minimum Gasteiger partial charge on any atom is -0.376 e. The average Bonchev–Trinajstić information content (AvgIpc) is 3.34. The molecule has 2 aliphatic heterocycles. The van der Waals surface area contributed by atoms with Crippen molar-refractivity contribution in [1.82, 2.24) is 14.8 Å². The highest BCUT2D eigenvalue weighted by Gasteiger charge is 2.45. The smallest absolute Gasteiger partial charge is 0.344 e. The molecule has 2 amide bonds. The lowest BCUT2D eigenvalue weighted by Gasteiger charge is -2.43. The highest BCUT2D eigenvalue weighted by Crippen LogP contribution is 2.38. The molecule has 0 radical (unpaired) electrons. The van der Waals surface area contributed by atoms with E-state index in [1.807, 2.05) is 18.2 Å². The number of fused-ring (bicyclic) bond motifs is 1. The number of thioether (sulfide) groups is 1. The first-order valence-corrected chi connectivity index (χ1v) is 10.8. The van der Waals surface area contributed by atoms with Gasteiger partial charge in [0.15, 0.2) is 5.16 Å². The van der Waals surface area contributed by atoms with Crippen molar-refractivity contribution in [3.05, 3.63) is 34.7 Å². The Morgan fingerprint density at radius 2 is 2.13 bits per heavy atom. The number of para-hydroxylation sites is 2. The van der Waals surface area contributed by atoms with Gasteiger partial charge in [-0.25, -0.2) is 9.89 Å². The fourth-order valence-electron chi connectivity index (χ4n) is 3.78. The molecule has 10 heteroatoms. The first kappa shape index (κ1) is 20.7. The summed E-state index contributed by atoms with van der Waals surface area (Å²) in [5.41, 5.74) is -0.125. The summed E-state index contributed by atoms with van der Waals surface area (Å²) in [5, 5.41) is 9.30. The van der Waals surface area contributed by atoms with Crippen LogP contribution >= 0.6 is 11.8 Å². The Kier molecular flexibility index (Phi) is 5.46. The Hall–Kier alpha value is -2.59. The van der Waals surface area contributed by atoms with Gasteiger partial charge in [0.1, 0.15) is 5.54 Å². The molecule has 2 aliphatic rings. The standard InChI is InChI=1S/C20H25N5O4S/c1-12(30-19-23-22-18(28)24(19)11-13-7-6-10-29-13)16(26)25-15-9-5-4-8-14(15)21-17(27)20(25,2)3/h4-5,8-9,12-13H,6-7,10-11H2,1-3H3,(H,21,27)(H,22,28). The summed E-state index contributed by atoms with van der Waals surface area (Å²) in [5.74, 6) is -0.478. The molecule has 1 aromatic heterocycles. The number of hydrogen-bond acceptors (Lipinski definition) is 6. The van der Waals surface area contributed by atoms with E-state index in [1.165, 1.54) is 21.2 Å². The molecule has 1 saturated heterocycles. The van der Waals surface area contributed by atoms with E-state index in [0.717, 1.165) is 12.8 Å². The number of nitrogens with zero attached hydrogens (tertiary/aromatic N) is 3. The van der Waals surface area contributed by atoms with E-state index in [0.29, 0.717) is 29.7 Å². The second-order valence-electron chi connectivity index (χ2n) is 8.02. The van der Waals surface area contributed by atoms with Crippen molar-refractivity contribution in [1.29, 1.82) is 0 Å². The van der Waals surface area contributed by atoms with E-state index in [2.05, 4.69) is 15.5 Å². The van der Waals surface area contributed by atoms with Crippen LogP contribution in [0.4, 0.5) is 11.4 Å². The second kappa shape index (κ2) is 7.92. The fraction of sp³-hybridized carbons (Fsp3) is 0.500. The van der Waals surface area contributed by atoms with Crippen molar-refractivity contribution in [2.24, 2.45) is 0 Å². The number of amides is 2. The number of benzene rings is 1. The van der Waals surface area contributed by atoms with Crippen LogP contribution in [-0.2, 0) is 20.9 Å². The van der Waals surface area contributed by atoms with Crippen LogP contribution in [0.3, 0.4) is 0 Å². The van der Waals surface area contributed by atoms with Crippen LogP contribution in [0.5, 0.6) is 0 Å². The Bertz CT molecular complexity index is 1020. The number of anilines is 2. The third-order valence-electron chi connectivity index (χ3n) is 5.49. The van der Waals surface area contributed by atoms with Gasteiger partial charge in [-0.05, 0) is 45.7 Å². The van der Waals surface area contributed by atoms with Crippen molar-refractivity contribution in [2.75, 3.05) is 16.8 Å². The quantitative estimate of drug-likeness (QED) is 0.701. The van der Waals surface area contributed by atoms with Crippen molar-refractivity contribution >= 4 is 35.0 Å². The predicted octanol–water partition coefficient (Wildman–Crippen LogP) is 1.99. The first-order chi connectivity index (χ1) is 14.3. The summed E-state index contributed by atoms with van der Waals surface area (Å²) in [4.78, 5) is 39.9. The topological polar surface area (TPSA) is 109 Å².